The number of hydrogen-bond donors (Lipinski definition) is 0. The van der Waals surface area contributed by atoms with Crippen LogP contribution in [0.1, 0.15) is 29.8 Å². The van der Waals surface area contributed by atoms with Crippen LogP contribution >= 0.6 is 0 Å². The average Bonchev–Trinajstić information content (AvgIpc) is 2.51. The van der Waals surface area contributed by atoms with Gasteiger partial charge in [0.1, 0.15) is 5.56 Å². The molecule has 116 valence electrons. The Hall–Kier alpha value is -2.43. The van der Waals surface area contributed by atoms with Gasteiger partial charge in [0.2, 0.25) is 5.88 Å². The standard InChI is InChI=1S/C17H19FN2O2/c1-4-20(5-2)17(21)13-7-6-10-19-16(13)22-15-9-8-12(3)11-14(15)18/h6-11H,4-5H2,1-3H3. The van der Waals surface area contributed by atoms with Gasteiger partial charge < -0.3 is 9.64 Å². The molecule has 0 atom stereocenters. The zero-order valence-electron chi connectivity index (χ0n) is 13.0. The Morgan fingerprint density at radius 2 is 2.00 bits per heavy atom. The zero-order valence-corrected chi connectivity index (χ0v) is 13.0. The monoisotopic (exact) mass is 302 g/mol. The third-order valence-corrected chi connectivity index (χ3v) is 3.35. The summed E-state index contributed by atoms with van der Waals surface area (Å²) < 4.78 is 19.4. The predicted octanol–water partition coefficient (Wildman–Crippen LogP) is 3.80. The second-order valence-electron chi connectivity index (χ2n) is 4.87. The molecule has 0 aliphatic carbocycles. The second kappa shape index (κ2) is 7.02. The number of aromatic nitrogens is 1. The lowest BCUT2D eigenvalue weighted by molar-refractivity contribution is 0.0769. The lowest BCUT2D eigenvalue weighted by Gasteiger charge is -2.19. The highest BCUT2D eigenvalue weighted by atomic mass is 19.1. The van der Waals surface area contributed by atoms with Crippen molar-refractivity contribution >= 4 is 5.91 Å². The lowest BCUT2D eigenvalue weighted by Crippen LogP contribution is -2.30. The largest absolute Gasteiger partial charge is 0.435 e. The van der Waals surface area contributed by atoms with Crippen LogP contribution < -0.4 is 4.74 Å². The third kappa shape index (κ3) is 3.42. The second-order valence-corrected chi connectivity index (χ2v) is 4.87. The van der Waals surface area contributed by atoms with E-state index in [2.05, 4.69) is 4.98 Å². The van der Waals surface area contributed by atoms with Gasteiger partial charge in [-0.15, -0.1) is 0 Å². The summed E-state index contributed by atoms with van der Waals surface area (Å²) >= 11 is 0. The molecule has 0 saturated carbocycles. The number of carbonyl (C=O) groups excluding carboxylic acids is 1. The summed E-state index contributed by atoms with van der Waals surface area (Å²) in [6, 6.07) is 7.95. The molecule has 0 bridgehead atoms. The van der Waals surface area contributed by atoms with Gasteiger partial charge in [-0.2, -0.15) is 0 Å². The van der Waals surface area contributed by atoms with Crippen LogP contribution in [0.2, 0.25) is 0 Å². The van der Waals surface area contributed by atoms with Crippen molar-refractivity contribution in [2.45, 2.75) is 20.8 Å². The van der Waals surface area contributed by atoms with Gasteiger partial charge >= 0.3 is 0 Å². The maximum absolute atomic E-state index is 13.9. The number of amides is 1. The molecule has 0 radical (unpaired) electrons. The normalized spacial score (nSPS) is 10.4. The van der Waals surface area contributed by atoms with Gasteiger partial charge in [-0.25, -0.2) is 9.37 Å². The quantitative estimate of drug-likeness (QED) is 0.843. The van der Waals surface area contributed by atoms with Crippen molar-refractivity contribution in [1.29, 1.82) is 0 Å². The molecule has 22 heavy (non-hydrogen) atoms. The molecule has 1 aromatic heterocycles. The van der Waals surface area contributed by atoms with E-state index in [0.29, 0.717) is 18.7 Å². The number of benzene rings is 1. The molecule has 0 unspecified atom stereocenters. The maximum Gasteiger partial charge on any atom is 0.259 e. The molecular weight excluding hydrogens is 283 g/mol. The summed E-state index contributed by atoms with van der Waals surface area (Å²) in [5.41, 5.74) is 1.12. The molecule has 2 aromatic rings. The van der Waals surface area contributed by atoms with Crippen LogP contribution in [-0.4, -0.2) is 28.9 Å². The molecule has 0 saturated heterocycles. The number of ether oxygens (including phenoxy) is 1. The summed E-state index contributed by atoms with van der Waals surface area (Å²) in [5.74, 6) is -0.493. The number of halogens is 1. The molecule has 0 spiro atoms. The summed E-state index contributed by atoms with van der Waals surface area (Å²) in [6.07, 6.45) is 1.51. The molecule has 0 aliphatic rings. The molecule has 0 aliphatic heterocycles. The fourth-order valence-corrected chi connectivity index (χ4v) is 2.11. The highest BCUT2D eigenvalue weighted by Gasteiger charge is 2.19. The van der Waals surface area contributed by atoms with Crippen molar-refractivity contribution in [3.8, 4) is 11.6 Å². The number of hydrogen-bond acceptors (Lipinski definition) is 3. The van der Waals surface area contributed by atoms with E-state index in [0.717, 1.165) is 5.56 Å². The zero-order chi connectivity index (χ0) is 16.1. The van der Waals surface area contributed by atoms with Crippen LogP contribution in [0, 0.1) is 12.7 Å². The molecule has 5 heteroatoms. The van der Waals surface area contributed by atoms with E-state index in [1.165, 1.54) is 18.3 Å². The van der Waals surface area contributed by atoms with E-state index in [9.17, 15) is 9.18 Å². The molecule has 1 aromatic carbocycles. The topological polar surface area (TPSA) is 42.4 Å². The van der Waals surface area contributed by atoms with Crippen LogP contribution in [0.5, 0.6) is 11.6 Å². The summed E-state index contributed by atoms with van der Waals surface area (Å²) in [5, 5.41) is 0. The van der Waals surface area contributed by atoms with E-state index < -0.39 is 5.82 Å². The van der Waals surface area contributed by atoms with E-state index in [-0.39, 0.29) is 17.5 Å². The Labute approximate surface area is 129 Å². The van der Waals surface area contributed by atoms with Crippen LogP contribution in [0.4, 0.5) is 4.39 Å². The van der Waals surface area contributed by atoms with E-state index in [4.69, 9.17) is 4.74 Å². The van der Waals surface area contributed by atoms with Crippen molar-refractivity contribution in [2.24, 2.45) is 0 Å². The first-order valence-corrected chi connectivity index (χ1v) is 7.25. The van der Waals surface area contributed by atoms with Gasteiger partial charge in [-0.1, -0.05) is 6.07 Å². The highest BCUT2D eigenvalue weighted by Crippen LogP contribution is 2.26. The Balaban J connectivity index is 2.34. The SMILES string of the molecule is CCN(CC)C(=O)c1cccnc1Oc1ccc(C)cc1F. The maximum atomic E-state index is 13.9. The minimum absolute atomic E-state index is 0.0536. The van der Waals surface area contributed by atoms with E-state index in [1.54, 1.807) is 30.0 Å². The highest BCUT2D eigenvalue weighted by molar-refractivity contribution is 5.96. The van der Waals surface area contributed by atoms with Gasteiger partial charge in [-0.05, 0) is 50.6 Å². The number of nitrogens with zero attached hydrogens (tertiary/aromatic N) is 2. The van der Waals surface area contributed by atoms with E-state index in [1.807, 2.05) is 13.8 Å². The van der Waals surface area contributed by atoms with Crippen molar-refractivity contribution in [3.63, 3.8) is 0 Å². The molecule has 0 fully saturated rings. The molecule has 1 heterocycles. The molecular formula is C17H19FN2O2. The summed E-state index contributed by atoms with van der Waals surface area (Å²) in [6.45, 7) is 6.77. The minimum atomic E-state index is -0.480. The minimum Gasteiger partial charge on any atom is -0.435 e. The van der Waals surface area contributed by atoms with Gasteiger partial charge in [0.25, 0.3) is 5.91 Å². The Morgan fingerprint density at radius 3 is 2.64 bits per heavy atom. The summed E-state index contributed by atoms with van der Waals surface area (Å²) in [4.78, 5) is 18.2. The van der Waals surface area contributed by atoms with Crippen molar-refractivity contribution in [3.05, 3.63) is 53.5 Å². The fourth-order valence-electron chi connectivity index (χ4n) is 2.11. The molecule has 2 rings (SSSR count). The first-order valence-electron chi connectivity index (χ1n) is 7.25. The van der Waals surface area contributed by atoms with Crippen LogP contribution in [-0.2, 0) is 0 Å². The third-order valence-electron chi connectivity index (χ3n) is 3.35. The number of rotatable bonds is 5. The number of pyridine rings is 1. The van der Waals surface area contributed by atoms with Crippen molar-refractivity contribution < 1.29 is 13.9 Å². The van der Waals surface area contributed by atoms with Gasteiger partial charge in [0, 0.05) is 19.3 Å². The predicted molar refractivity (Wildman–Crippen MR) is 82.7 cm³/mol. The molecule has 4 nitrogen and oxygen atoms in total. The molecule has 0 N–H and O–H groups in total. The average molecular weight is 302 g/mol. The Morgan fingerprint density at radius 1 is 1.27 bits per heavy atom. The fraction of sp³-hybridized carbons (Fsp3) is 0.294. The first kappa shape index (κ1) is 15.9. The summed E-state index contributed by atoms with van der Waals surface area (Å²) in [7, 11) is 0. The smallest absolute Gasteiger partial charge is 0.259 e. The lowest BCUT2D eigenvalue weighted by atomic mass is 10.2. The van der Waals surface area contributed by atoms with Crippen LogP contribution in [0.15, 0.2) is 36.5 Å². The number of aryl methyl sites for hydroxylation is 1. The van der Waals surface area contributed by atoms with Gasteiger partial charge in [0.15, 0.2) is 11.6 Å². The van der Waals surface area contributed by atoms with Gasteiger partial charge in [0.05, 0.1) is 0 Å². The van der Waals surface area contributed by atoms with E-state index >= 15 is 0 Å². The molecule has 1 amide bonds. The van der Waals surface area contributed by atoms with Crippen LogP contribution in [0.3, 0.4) is 0 Å². The van der Waals surface area contributed by atoms with Crippen molar-refractivity contribution in [2.75, 3.05) is 13.1 Å². The first-order chi connectivity index (χ1) is 10.6. The van der Waals surface area contributed by atoms with Crippen LogP contribution in [0.25, 0.3) is 0 Å². The van der Waals surface area contributed by atoms with Crippen molar-refractivity contribution in [1.82, 2.24) is 9.88 Å². The van der Waals surface area contributed by atoms with Gasteiger partial charge in [-0.3, -0.25) is 4.79 Å². The number of carbonyl (C=O) groups is 1. The Kier molecular flexibility index (Phi) is 5.09. The Bertz CT molecular complexity index is 669.